The predicted octanol–water partition coefficient (Wildman–Crippen LogP) is 2.30. The molecule has 150 valence electrons. The van der Waals surface area contributed by atoms with Gasteiger partial charge in [0.15, 0.2) is 0 Å². The average Bonchev–Trinajstić information content (AvgIpc) is 2.73. The van der Waals surface area contributed by atoms with Gasteiger partial charge in [0.05, 0.1) is 34.8 Å². The van der Waals surface area contributed by atoms with Crippen molar-refractivity contribution < 1.29 is 20.1 Å². The summed E-state index contributed by atoms with van der Waals surface area (Å²) in [5.41, 5.74) is 12.3. The predicted molar refractivity (Wildman–Crippen MR) is 118 cm³/mol. The largest absolute Gasteiger partial charge is 0.457 e. The quantitative estimate of drug-likeness (QED) is 0.267. The Morgan fingerprint density at radius 3 is 2.07 bits per heavy atom. The van der Waals surface area contributed by atoms with Crippen LogP contribution in [0.5, 0.6) is 11.5 Å². The normalized spacial score (nSPS) is 13.7. The first-order valence-electron chi connectivity index (χ1n) is 8.56. The molecular weight excluding hydrogens is 473 g/mol. The van der Waals surface area contributed by atoms with E-state index in [9.17, 15) is 15.3 Å². The third-order valence-corrected chi connectivity index (χ3v) is 4.50. The number of aliphatic hydroxyl groups excluding tert-OH is 3. The molecule has 1 atom stereocenters. The molecule has 0 radical (unpaired) electrons. The van der Waals surface area contributed by atoms with E-state index in [2.05, 4.69) is 4.99 Å². The minimum Gasteiger partial charge on any atom is -0.457 e. The summed E-state index contributed by atoms with van der Waals surface area (Å²) < 4.78 is 7.45. The highest BCUT2D eigenvalue weighted by molar-refractivity contribution is 14.1. The van der Waals surface area contributed by atoms with E-state index in [-0.39, 0.29) is 6.42 Å². The van der Waals surface area contributed by atoms with E-state index in [0.29, 0.717) is 22.8 Å². The van der Waals surface area contributed by atoms with Gasteiger partial charge in [-0.3, -0.25) is 0 Å². The molecule has 0 aliphatic carbocycles. The van der Waals surface area contributed by atoms with Gasteiger partial charge in [-0.2, -0.15) is 0 Å². The van der Waals surface area contributed by atoms with Gasteiger partial charge in [-0.15, -0.1) is 0 Å². The molecule has 0 spiro atoms. The summed E-state index contributed by atoms with van der Waals surface area (Å²) in [5.74, 6) is 1.25. The second-order valence-corrected chi connectivity index (χ2v) is 6.93. The Labute approximate surface area is 177 Å². The van der Waals surface area contributed by atoms with Gasteiger partial charge in [0, 0.05) is 11.8 Å². The van der Waals surface area contributed by atoms with E-state index in [4.69, 9.17) is 16.2 Å². The van der Waals surface area contributed by atoms with Crippen molar-refractivity contribution in [3.63, 3.8) is 0 Å². The first-order chi connectivity index (χ1) is 13.4. The lowest BCUT2D eigenvalue weighted by atomic mass is 9.92. The second-order valence-electron chi connectivity index (χ2n) is 6.37. The fourth-order valence-corrected chi connectivity index (χ4v) is 2.84. The van der Waals surface area contributed by atoms with Crippen molar-refractivity contribution in [3.8, 4) is 11.5 Å². The molecule has 0 saturated carbocycles. The first-order valence-corrected chi connectivity index (χ1v) is 9.81. The van der Waals surface area contributed by atoms with Gasteiger partial charge in [0.25, 0.3) is 0 Å². The van der Waals surface area contributed by atoms with Crippen molar-refractivity contribution in [1.82, 2.24) is 0 Å². The van der Waals surface area contributed by atoms with Crippen LogP contribution in [0.2, 0.25) is 0 Å². The molecule has 0 aromatic heterocycles. The molecule has 0 amide bonds. The molecule has 7 N–H and O–H groups in total. The van der Waals surface area contributed by atoms with Crippen molar-refractivity contribution in [3.05, 3.63) is 65.9 Å². The Morgan fingerprint density at radius 1 is 1.07 bits per heavy atom. The summed E-state index contributed by atoms with van der Waals surface area (Å²) in [6, 6.07) is 14.2. The smallest absolute Gasteiger partial charge is 0.127 e. The number of nitrogens with two attached hydrogens (primary N) is 2. The van der Waals surface area contributed by atoms with Crippen LogP contribution in [-0.4, -0.2) is 38.3 Å². The summed E-state index contributed by atoms with van der Waals surface area (Å²) in [6.07, 6.45) is 0.578. The maximum absolute atomic E-state index is 10.3. The van der Waals surface area contributed by atoms with E-state index < -0.39 is 24.9 Å². The number of hydrogen-bond donors (Lipinski definition) is 5. The first kappa shape index (κ1) is 22.3. The van der Waals surface area contributed by atoms with Crippen molar-refractivity contribution in [1.29, 1.82) is 0 Å². The zero-order valence-corrected chi connectivity index (χ0v) is 17.4. The number of benzene rings is 2. The van der Waals surface area contributed by atoms with Crippen molar-refractivity contribution in [2.24, 2.45) is 16.5 Å². The second kappa shape index (κ2) is 10.5. The van der Waals surface area contributed by atoms with E-state index in [0.717, 1.165) is 5.56 Å². The van der Waals surface area contributed by atoms with Gasteiger partial charge in [0.1, 0.15) is 11.5 Å². The molecule has 2 aromatic rings. The Balaban J connectivity index is 2.04. The molecule has 7 nitrogen and oxygen atoms in total. The number of ether oxygens (including phenoxy) is 1. The highest BCUT2D eigenvalue weighted by Gasteiger charge is 2.27. The van der Waals surface area contributed by atoms with Gasteiger partial charge in [-0.1, -0.05) is 12.1 Å². The van der Waals surface area contributed by atoms with Crippen LogP contribution in [0.3, 0.4) is 0 Å². The van der Waals surface area contributed by atoms with Crippen molar-refractivity contribution >= 4 is 32.5 Å². The van der Waals surface area contributed by atoms with Gasteiger partial charge >= 0.3 is 0 Å². The number of aliphatic imine (C=N–C) groups is 1. The van der Waals surface area contributed by atoms with Crippen LogP contribution in [0.15, 0.2) is 59.7 Å². The zero-order valence-electron chi connectivity index (χ0n) is 15.2. The Hall–Kier alpha value is -1.98. The van der Waals surface area contributed by atoms with Gasteiger partial charge in [0.2, 0.25) is 0 Å². The lowest BCUT2D eigenvalue weighted by molar-refractivity contribution is 0.0618. The van der Waals surface area contributed by atoms with Crippen LogP contribution >= 0.6 is 22.6 Å². The monoisotopic (exact) mass is 497 g/mol. The SMILES string of the molecule is N/C=C(\N=C/I)c1ccc(Oc2ccc(C(O)CC(N)(CO)CO)cc2)cc1. The third kappa shape index (κ3) is 6.01. The maximum atomic E-state index is 10.3. The summed E-state index contributed by atoms with van der Waals surface area (Å²) in [4.78, 5) is 4.18. The number of aliphatic hydroxyl groups is 3. The van der Waals surface area contributed by atoms with Gasteiger partial charge in [-0.25, -0.2) is 4.99 Å². The van der Waals surface area contributed by atoms with Gasteiger partial charge in [-0.05, 0) is 71.0 Å². The van der Waals surface area contributed by atoms with Crippen molar-refractivity contribution in [2.45, 2.75) is 18.1 Å². The molecule has 0 aliphatic heterocycles. The van der Waals surface area contributed by atoms with Crippen LogP contribution in [0.4, 0.5) is 0 Å². The van der Waals surface area contributed by atoms with Crippen molar-refractivity contribution in [2.75, 3.05) is 13.2 Å². The van der Waals surface area contributed by atoms with E-state index in [1.165, 1.54) is 6.20 Å². The van der Waals surface area contributed by atoms with E-state index >= 15 is 0 Å². The topological polar surface area (TPSA) is 134 Å². The Kier molecular flexibility index (Phi) is 8.39. The number of rotatable bonds is 9. The summed E-state index contributed by atoms with van der Waals surface area (Å²) in [7, 11) is 0. The Bertz CT molecular complexity index is 803. The lowest BCUT2D eigenvalue weighted by Gasteiger charge is -2.27. The zero-order chi connectivity index (χ0) is 20.6. The number of hydrogen-bond acceptors (Lipinski definition) is 7. The summed E-state index contributed by atoms with van der Waals surface area (Å²) in [5, 5.41) is 28.8. The highest BCUT2D eigenvalue weighted by atomic mass is 127. The van der Waals surface area contributed by atoms with Crippen LogP contribution in [0, 0.1) is 0 Å². The molecule has 28 heavy (non-hydrogen) atoms. The van der Waals surface area contributed by atoms with Crippen LogP contribution in [0.1, 0.15) is 23.7 Å². The molecular formula is C20H24IN3O4. The lowest BCUT2D eigenvalue weighted by Crippen LogP contribution is -2.48. The molecule has 0 saturated heterocycles. The molecule has 0 bridgehead atoms. The van der Waals surface area contributed by atoms with E-state index in [1.54, 1.807) is 28.5 Å². The fraction of sp³-hybridized carbons (Fsp3) is 0.250. The molecule has 2 aromatic carbocycles. The Morgan fingerprint density at radius 2 is 1.61 bits per heavy atom. The van der Waals surface area contributed by atoms with Crippen LogP contribution in [-0.2, 0) is 0 Å². The summed E-state index contributed by atoms with van der Waals surface area (Å²) >= 11 is 2.03. The highest BCUT2D eigenvalue weighted by Crippen LogP contribution is 2.27. The molecule has 1 unspecified atom stereocenters. The third-order valence-electron chi connectivity index (χ3n) is 4.23. The molecule has 0 heterocycles. The summed E-state index contributed by atoms with van der Waals surface area (Å²) in [6.45, 7) is -0.829. The number of nitrogens with zero attached hydrogens (tertiary/aromatic N) is 1. The fourth-order valence-electron chi connectivity index (χ4n) is 2.54. The molecule has 2 rings (SSSR count). The van der Waals surface area contributed by atoms with Crippen LogP contribution in [0.25, 0.3) is 5.70 Å². The molecule has 0 fully saturated rings. The molecule has 8 heteroatoms. The standard InChI is InChI=1S/C20H24IN3O4/c21-13-24-18(10-22)14-1-5-16(6-2-14)28-17-7-3-15(4-8-17)19(27)9-20(23,11-25)12-26/h1-8,10,13,19,25-27H,9,11-12,22-23H2/b18-10-,24-13-. The minimum atomic E-state index is -1.23. The molecule has 0 aliphatic rings. The van der Waals surface area contributed by atoms with Gasteiger partial charge < -0.3 is 31.5 Å². The average molecular weight is 497 g/mol. The van der Waals surface area contributed by atoms with E-state index in [1.807, 2.05) is 46.9 Å². The number of halogens is 1. The maximum Gasteiger partial charge on any atom is 0.127 e. The minimum absolute atomic E-state index is 0.0400. The van der Waals surface area contributed by atoms with Crippen LogP contribution < -0.4 is 16.2 Å².